The van der Waals surface area contributed by atoms with E-state index < -0.39 is 0 Å². The van der Waals surface area contributed by atoms with E-state index in [2.05, 4.69) is 5.32 Å². The van der Waals surface area contributed by atoms with Crippen LogP contribution in [0.2, 0.25) is 10.0 Å². The van der Waals surface area contributed by atoms with Crippen molar-refractivity contribution in [1.82, 2.24) is 10.2 Å². The Hall–Kier alpha value is -0.770. The molecule has 0 aliphatic heterocycles. The number of hydrogen-bond donors (Lipinski definition) is 1. The van der Waals surface area contributed by atoms with Crippen molar-refractivity contribution >= 4 is 29.1 Å². The number of carbonyl (C=O) groups is 1. The number of likely N-dealkylation sites (N-methyl/N-ethyl adjacent to an activating group) is 1. The van der Waals surface area contributed by atoms with Crippen molar-refractivity contribution in [2.45, 2.75) is 32.9 Å². The van der Waals surface area contributed by atoms with Crippen LogP contribution >= 0.6 is 23.2 Å². The highest BCUT2D eigenvalue weighted by molar-refractivity contribution is 6.35. The van der Waals surface area contributed by atoms with Crippen molar-refractivity contribution < 1.29 is 4.79 Å². The molecule has 1 aromatic carbocycles. The zero-order valence-electron chi connectivity index (χ0n) is 11.8. The summed E-state index contributed by atoms with van der Waals surface area (Å²) in [5.41, 5.74) is 0.622. The molecule has 0 aromatic heterocycles. The molecule has 1 aromatic rings. The average Bonchev–Trinajstić information content (AvgIpc) is 2.20. The minimum atomic E-state index is -0.222. The Morgan fingerprint density at radius 1 is 1.26 bits per heavy atom. The predicted molar refractivity (Wildman–Crippen MR) is 80.7 cm³/mol. The molecule has 3 nitrogen and oxygen atoms in total. The number of carbonyl (C=O) groups excluding carboxylic acids is 1. The van der Waals surface area contributed by atoms with Gasteiger partial charge >= 0.3 is 0 Å². The fourth-order valence-corrected chi connectivity index (χ4v) is 2.23. The molecule has 0 aliphatic carbocycles. The van der Waals surface area contributed by atoms with Crippen molar-refractivity contribution in [1.29, 1.82) is 0 Å². The first-order valence-electron chi connectivity index (χ1n) is 6.11. The third-order valence-corrected chi connectivity index (χ3v) is 3.13. The molecule has 1 rings (SSSR count). The summed E-state index contributed by atoms with van der Waals surface area (Å²) in [6.07, 6.45) is 0. The molecule has 0 heterocycles. The van der Waals surface area contributed by atoms with Gasteiger partial charge in [-0.1, -0.05) is 29.3 Å². The predicted octanol–water partition coefficient (Wildman–Crippen LogP) is 3.34. The van der Waals surface area contributed by atoms with Crippen LogP contribution in [0.25, 0.3) is 0 Å². The van der Waals surface area contributed by atoms with Crippen molar-refractivity contribution in [3.63, 3.8) is 0 Å². The molecule has 5 heteroatoms. The number of hydrogen-bond acceptors (Lipinski definition) is 2. The first-order valence-corrected chi connectivity index (χ1v) is 6.87. The second-order valence-electron chi connectivity index (χ2n) is 5.67. The van der Waals surface area contributed by atoms with E-state index in [1.165, 1.54) is 0 Å². The van der Waals surface area contributed by atoms with Crippen molar-refractivity contribution in [2.24, 2.45) is 0 Å². The molecule has 1 amide bonds. The van der Waals surface area contributed by atoms with Crippen LogP contribution in [-0.2, 0) is 11.3 Å². The maximum absolute atomic E-state index is 11.8. The van der Waals surface area contributed by atoms with Gasteiger partial charge in [0.15, 0.2) is 0 Å². The van der Waals surface area contributed by atoms with Gasteiger partial charge in [-0.15, -0.1) is 0 Å². The summed E-state index contributed by atoms with van der Waals surface area (Å²) in [4.78, 5) is 13.7. The van der Waals surface area contributed by atoms with Gasteiger partial charge in [-0.05, 0) is 40.0 Å². The van der Waals surface area contributed by atoms with Crippen LogP contribution in [0.15, 0.2) is 18.2 Å². The molecule has 0 spiro atoms. The Morgan fingerprint density at radius 3 is 2.26 bits per heavy atom. The van der Waals surface area contributed by atoms with Gasteiger partial charge in [0.25, 0.3) is 0 Å². The molecule has 0 saturated heterocycles. The topological polar surface area (TPSA) is 32.3 Å². The molecule has 0 bridgehead atoms. The lowest BCUT2D eigenvalue weighted by Crippen LogP contribution is -2.45. The number of halogens is 2. The van der Waals surface area contributed by atoms with E-state index in [1.807, 2.05) is 32.7 Å². The molecule has 0 aliphatic rings. The fourth-order valence-electron chi connectivity index (χ4n) is 1.71. The van der Waals surface area contributed by atoms with Crippen LogP contribution in [0.4, 0.5) is 0 Å². The van der Waals surface area contributed by atoms with E-state index in [-0.39, 0.29) is 11.4 Å². The molecule has 0 radical (unpaired) electrons. The summed E-state index contributed by atoms with van der Waals surface area (Å²) in [5, 5.41) is 4.16. The maximum Gasteiger partial charge on any atom is 0.234 e. The summed E-state index contributed by atoms with van der Waals surface area (Å²) in [6.45, 7) is 6.70. The molecular weight excluding hydrogens is 283 g/mol. The number of benzene rings is 1. The van der Waals surface area contributed by atoms with Crippen LogP contribution in [0.5, 0.6) is 0 Å². The summed E-state index contributed by atoms with van der Waals surface area (Å²) < 4.78 is 0. The molecule has 0 fully saturated rings. The van der Waals surface area contributed by atoms with Crippen LogP contribution in [0, 0.1) is 0 Å². The monoisotopic (exact) mass is 302 g/mol. The number of nitrogens with zero attached hydrogens (tertiary/aromatic N) is 1. The van der Waals surface area contributed by atoms with Gasteiger partial charge in [-0.2, -0.15) is 0 Å². The van der Waals surface area contributed by atoms with Crippen LogP contribution in [-0.4, -0.2) is 29.9 Å². The molecule has 0 atom stereocenters. The molecule has 0 saturated carbocycles. The highest BCUT2D eigenvalue weighted by Crippen LogP contribution is 2.25. The Bertz CT molecular complexity index is 435. The fraction of sp³-hybridized carbons (Fsp3) is 0.500. The zero-order valence-corrected chi connectivity index (χ0v) is 13.3. The standard InChI is InChI=1S/C14H20Cl2N2O/c1-14(2,3)17-13(19)9-18(4)8-10-11(15)6-5-7-12(10)16/h5-7H,8-9H2,1-4H3,(H,17,19). The number of rotatable bonds is 4. The second-order valence-corrected chi connectivity index (χ2v) is 6.49. The summed E-state index contributed by atoms with van der Waals surface area (Å²) in [5.74, 6) is -0.0156. The summed E-state index contributed by atoms with van der Waals surface area (Å²) in [7, 11) is 1.86. The smallest absolute Gasteiger partial charge is 0.234 e. The van der Waals surface area contributed by atoms with Gasteiger partial charge < -0.3 is 5.32 Å². The van der Waals surface area contributed by atoms with Gasteiger partial charge in [0.2, 0.25) is 5.91 Å². The van der Waals surface area contributed by atoms with Gasteiger partial charge in [-0.25, -0.2) is 0 Å². The second kappa shape index (κ2) is 6.60. The molecular formula is C14H20Cl2N2O. The maximum atomic E-state index is 11.8. The molecule has 1 N–H and O–H groups in total. The van der Waals surface area contributed by atoms with Gasteiger partial charge in [0.05, 0.1) is 6.54 Å². The molecule has 106 valence electrons. The first kappa shape index (κ1) is 16.3. The van der Waals surface area contributed by atoms with Gasteiger partial charge in [-0.3, -0.25) is 9.69 Å². The Kier molecular flexibility index (Phi) is 5.65. The molecule has 0 unspecified atom stereocenters. The SMILES string of the molecule is CN(CC(=O)NC(C)(C)C)Cc1c(Cl)cccc1Cl. The lowest BCUT2D eigenvalue weighted by Gasteiger charge is -2.23. The third-order valence-electron chi connectivity index (χ3n) is 2.42. The van der Waals surface area contributed by atoms with Gasteiger partial charge in [0, 0.05) is 27.7 Å². The Labute approximate surface area is 124 Å². The van der Waals surface area contributed by atoms with E-state index in [0.29, 0.717) is 23.1 Å². The van der Waals surface area contributed by atoms with Crippen molar-refractivity contribution in [2.75, 3.05) is 13.6 Å². The van der Waals surface area contributed by atoms with Gasteiger partial charge in [0.1, 0.15) is 0 Å². The highest BCUT2D eigenvalue weighted by atomic mass is 35.5. The average molecular weight is 303 g/mol. The van der Waals surface area contributed by atoms with E-state index in [9.17, 15) is 4.79 Å². The first-order chi connectivity index (χ1) is 8.69. The largest absolute Gasteiger partial charge is 0.350 e. The highest BCUT2D eigenvalue weighted by Gasteiger charge is 2.16. The normalized spacial score (nSPS) is 11.7. The van der Waals surface area contributed by atoms with E-state index >= 15 is 0 Å². The number of amides is 1. The minimum Gasteiger partial charge on any atom is -0.350 e. The lowest BCUT2D eigenvalue weighted by atomic mass is 10.1. The summed E-state index contributed by atoms with van der Waals surface area (Å²) >= 11 is 12.2. The Morgan fingerprint density at radius 2 is 1.79 bits per heavy atom. The third kappa shape index (κ3) is 5.81. The van der Waals surface area contributed by atoms with E-state index in [0.717, 1.165) is 5.56 Å². The van der Waals surface area contributed by atoms with E-state index in [1.54, 1.807) is 18.2 Å². The van der Waals surface area contributed by atoms with Crippen LogP contribution in [0.3, 0.4) is 0 Å². The van der Waals surface area contributed by atoms with Crippen LogP contribution in [0.1, 0.15) is 26.3 Å². The number of nitrogens with one attached hydrogen (secondary N) is 1. The van der Waals surface area contributed by atoms with E-state index in [4.69, 9.17) is 23.2 Å². The summed E-state index contributed by atoms with van der Waals surface area (Å²) in [6, 6.07) is 5.40. The van der Waals surface area contributed by atoms with Crippen LogP contribution < -0.4 is 5.32 Å². The molecule has 19 heavy (non-hydrogen) atoms. The van der Waals surface area contributed by atoms with Crippen molar-refractivity contribution in [3.05, 3.63) is 33.8 Å². The Balaban J connectivity index is 2.61. The van der Waals surface area contributed by atoms with Crippen molar-refractivity contribution in [3.8, 4) is 0 Å². The quantitative estimate of drug-likeness (QED) is 0.925. The lowest BCUT2D eigenvalue weighted by molar-refractivity contribution is -0.123. The zero-order chi connectivity index (χ0) is 14.6. The minimum absolute atomic E-state index is 0.0156.